The van der Waals surface area contributed by atoms with Gasteiger partial charge >= 0.3 is 0 Å². The van der Waals surface area contributed by atoms with Gasteiger partial charge in [0.1, 0.15) is 5.82 Å². The number of nitrogens with one attached hydrogen (secondary N) is 1. The van der Waals surface area contributed by atoms with Crippen LogP contribution >= 0.6 is 0 Å². The Hall–Kier alpha value is -2.03. The molecule has 0 radical (unpaired) electrons. The van der Waals surface area contributed by atoms with Crippen LogP contribution in [-0.2, 0) is 0 Å². The van der Waals surface area contributed by atoms with Crippen molar-refractivity contribution in [3.63, 3.8) is 0 Å². The number of hydrogen-bond acceptors (Lipinski definition) is 2. The molecule has 2 aromatic carbocycles. The highest BCUT2D eigenvalue weighted by Crippen LogP contribution is 2.27. The third-order valence-electron chi connectivity index (χ3n) is 2.78. The third-order valence-corrected chi connectivity index (χ3v) is 2.78. The molecule has 2 rings (SSSR count). The molecular formula is C14H15FN2. The summed E-state index contributed by atoms with van der Waals surface area (Å²) in [4.78, 5) is 0. The number of aryl methyl sites for hydroxylation is 2. The molecule has 0 saturated carbocycles. The molecule has 0 unspecified atom stereocenters. The summed E-state index contributed by atoms with van der Waals surface area (Å²) < 4.78 is 13.0. The summed E-state index contributed by atoms with van der Waals surface area (Å²) in [5.41, 5.74) is 10.3. The number of benzene rings is 2. The van der Waals surface area contributed by atoms with Crippen molar-refractivity contribution in [2.75, 3.05) is 11.1 Å². The van der Waals surface area contributed by atoms with Gasteiger partial charge in [0.2, 0.25) is 0 Å². The van der Waals surface area contributed by atoms with Crippen LogP contribution in [0.2, 0.25) is 0 Å². The highest BCUT2D eigenvalue weighted by molar-refractivity contribution is 5.75. The topological polar surface area (TPSA) is 38.0 Å². The van der Waals surface area contributed by atoms with Crippen LogP contribution in [0.5, 0.6) is 0 Å². The Balaban J connectivity index is 2.35. The first-order valence-corrected chi connectivity index (χ1v) is 5.46. The molecule has 3 N–H and O–H groups in total. The summed E-state index contributed by atoms with van der Waals surface area (Å²) in [6.45, 7) is 3.81. The fourth-order valence-corrected chi connectivity index (χ4v) is 1.70. The van der Waals surface area contributed by atoms with E-state index in [1.165, 1.54) is 12.1 Å². The van der Waals surface area contributed by atoms with Gasteiger partial charge in [-0.2, -0.15) is 0 Å². The maximum Gasteiger partial charge on any atom is 0.123 e. The number of rotatable bonds is 2. The van der Waals surface area contributed by atoms with Gasteiger partial charge in [0.05, 0.1) is 11.4 Å². The summed E-state index contributed by atoms with van der Waals surface area (Å²) in [6.07, 6.45) is 0. The van der Waals surface area contributed by atoms with Crippen molar-refractivity contribution in [1.29, 1.82) is 0 Å². The van der Waals surface area contributed by atoms with Crippen LogP contribution in [0.25, 0.3) is 0 Å². The van der Waals surface area contributed by atoms with Gasteiger partial charge in [0.25, 0.3) is 0 Å². The molecular weight excluding hydrogens is 215 g/mol. The molecule has 17 heavy (non-hydrogen) atoms. The highest BCUT2D eigenvalue weighted by atomic mass is 19.1. The summed E-state index contributed by atoms with van der Waals surface area (Å²) in [5.74, 6) is -0.231. The first kappa shape index (κ1) is 11.5. The molecule has 0 spiro atoms. The van der Waals surface area contributed by atoms with Gasteiger partial charge in [-0.15, -0.1) is 0 Å². The first-order valence-electron chi connectivity index (χ1n) is 5.46. The van der Waals surface area contributed by atoms with Crippen LogP contribution in [0.15, 0.2) is 36.4 Å². The molecule has 0 aliphatic heterocycles. The van der Waals surface area contributed by atoms with Gasteiger partial charge in [0, 0.05) is 5.69 Å². The largest absolute Gasteiger partial charge is 0.397 e. The number of halogens is 1. The van der Waals surface area contributed by atoms with Crippen LogP contribution in [-0.4, -0.2) is 0 Å². The zero-order valence-corrected chi connectivity index (χ0v) is 9.92. The van der Waals surface area contributed by atoms with Crippen LogP contribution in [0.3, 0.4) is 0 Å². The summed E-state index contributed by atoms with van der Waals surface area (Å²) in [5, 5.41) is 3.22. The van der Waals surface area contributed by atoms with E-state index in [4.69, 9.17) is 5.73 Å². The lowest BCUT2D eigenvalue weighted by molar-refractivity contribution is 0.627. The summed E-state index contributed by atoms with van der Waals surface area (Å²) in [7, 11) is 0. The Bertz CT molecular complexity index is 550. The molecule has 0 saturated heterocycles. The molecule has 0 heterocycles. The van der Waals surface area contributed by atoms with Crippen LogP contribution in [0.4, 0.5) is 21.5 Å². The first-order chi connectivity index (χ1) is 8.08. The Labute approximate surface area is 100 Å². The Kier molecular flexibility index (Phi) is 3.00. The lowest BCUT2D eigenvalue weighted by Crippen LogP contribution is -1.99. The van der Waals surface area contributed by atoms with Crippen molar-refractivity contribution >= 4 is 17.1 Å². The van der Waals surface area contributed by atoms with E-state index >= 15 is 0 Å². The van der Waals surface area contributed by atoms with Crippen molar-refractivity contribution in [1.82, 2.24) is 0 Å². The Morgan fingerprint density at radius 1 is 1.00 bits per heavy atom. The second kappa shape index (κ2) is 4.45. The standard InChI is InChI=1S/C14H15FN2/c1-9-4-3-5-13(14(9)16)17-12-7-6-11(15)8-10(12)2/h3-8,17H,16H2,1-2H3. The molecule has 0 atom stereocenters. The lowest BCUT2D eigenvalue weighted by atomic mass is 10.1. The van der Waals surface area contributed by atoms with Crippen molar-refractivity contribution in [2.24, 2.45) is 0 Å². The monoisotopic (exact) mass is 230 g/mol. The summed E-state index contributed by atoms with van der Waals surface area (Å²) in [6, 6.07) is 10.4. The number of nitrogens with two attached hydrogens (primary N) is 1. The molecule has 0 aliphatic rings. The van der Waals surface area contributed by atoms with E-state index in [0.717, 1.165) is 28.2 Å². The Morgan fingerprint density at radius 3 is 2.47 bits per heavy atom. The second-order valence-electron chi connectivity index (χ2n) is 4.12. The number of hydrogen-bond donors (Lipinski definition) is 2. The zero-order valence-electron chi connectivity index (χ0n) is 9.92. The average molecular weight is 230 g/mol. The molecule has 0 aromatic heterocycles. The molecule has 3 heteroatoms. The highest BCUT2D eigenvalue weighted by Gasteiger charge is 2.04. The van der Waals surface area contributed by atoms with Crippen LogP contribution in [0.1, 0.15) is 11.1 Å². The van der Waals surface area contributed by atoms with Crippen LogP contribution < -0.4 is 11.1 Å². The predicted molar refractivity (Wildman–Crippen MR) is 70.0 cm³/mol. The fraction of sp³-hybridized carbons (Fsp3) is 0.143. The van der Waals surface area contributed by atoms with Crippen LogP contribution in [0, 0.1) is 19.7 Å². The smallest absolute Gasteiger partial charge is 0.123 e. The molecule has 2 aromatic rings. The van der Waals surface area contributed by atoms with E-state index in [0.29, 0.717) is 0 Å². The molecule has 0 amide bonds. The number of anilines is 3. The fourth-order valence-electron chi connectivity index (χ4n) is 1.70. The minimum Gasteiger partial charge on any atom is -0.397 e. The number of nitrogen functional groups attached to an aromatic ring is 1. The van der Waals surface area contributed by atoms with Gasteiger partial charge in [-0.1, -0.05) is 12.1 Å². The maximum absolute atomic E-state index is 13.0. The summed E-state index contributed by atoms with van der Waals surface area (Å²) >= 11 is 0. The zero-order chi connectivity index (χ0) is 12.4. The van der Waals surface area contributed by atoms with Crippen molar-refractivity contribution in [3.05, 3.63) is 53.3 Å². The minimum atomic E-state index is -0.231. The third kappa shape index (κ3) is 2.38. The SMILES string of the molecule is Cc1cc(F)ccc1Nc1cccc(C)c1N. The lowest BCUT2D eigenvalue weighted by Gasteiger charge is -2.13. The van der Waals surface area contributed by atoms with Gasteiger partial charge < -0.3 is 11.1 Å². The second-order valence-corrected chi connectivity index (χ2v) is 4.12. The molecule has 0 bridgehead atoms. The van der Waals surface area contributed by atoms with Crippen molar-refractivity contribution in [2.45, 2.75) is 13.8 Å². The van der Waals surface area contributed by atoms with E-state index in [2.05, 4.69) is 5.32 Å². The van der Waals surface area contributed by atoms with E-state index in [-0.39, 0.29) is 5.82 Å². The van der Waals surface area contributed by atoms with Gasteiger partial charge in [-0.3, -0.25) is 0 Å². The van der Waals surface area contributed by atoms with Crippen molar-refractivity contribution in [3.8, 4) is 0 Å². The molecule has 0 fully saturated rings. The average Bonchev–Trinajstić information content (AvgIpc) is 2.28. The van der Waals surface area contributed by atoms with Gasteiger partial charge in [-0.05, 0) is 49.2 Å². The van der Waals surface area contributed by atoms with E-state index in [1.54, 1.807) is 6.07 Å². The van der Waals surface area contributed by atoms with E-state index in [9.17, 15) is 4.39 Å². The maximum atomic E-state index is 13.0. The number of para-hydroxylation sites is 1. The minimum absolute atomic E-state index is 0.231. The molecule has 0 aliphatic carbocycles. The van der Waals surface area contributed by atoms with E-state index in [1.807, 2.05) is 32.0 Å². The van der Waals surface area contributed by atoms with Crippen molar-refractivity contribution < 1.29 is 4.39 Å². The van der Waals surface area contributed by atoms with E-state index < -0.39 is 0 Å². The quantitative estimate of drug-likeness (QED) is 0.771. The van der Waals surface area contributed by atoms with Gasteiger partial charge in [0.15, 0.2) is 0 Å². The molecule has 88 valence electrons. The predicted octanol–water partition coefficient (Wildman–Crippen LogP) is 3.77. The van der Waals surface area contributed by atoms with Gasteiger partial charge in [-0.25, -0.2) is 4.39 Å². The Morgan fingerprint density at radius 2 is 1.76 bits per heavy atom. The normalized spacial score (nSPS) is 10.3. The molecule has 2 nitrogen and oxygen atoms in total.